The number of hydrogen-bond acceptors (Lipinski definition) is 4. The maximum atomic E-state index is 5.57. The van der Waals surface area contributed by atoms with E-state index in [1.165, 1.54) is 0 Å². The standard InChI is InChI=1S/C20H20Br4O4/c1-25-13-5-9-10(6-14(13)26-2)18(20(23)24)12-8-16(28-4)15(27-3)7-11(12)17(9)19(21)22/h5-8,17-20H,1-4H3. The number of halogens is 4. The lowest BCUT2D eigenvalue weighted by Gasteiger charge is -2.37. The lowest BCUT2D eigenvalue weighted by molar-refractivity contribution is 0.352. The van der Waals surface area contributed by atoms with Crippen LogP contribution in [0.3, 0.4) is 0 Å². The molecule has 8 heteroatoms. The van der Waals surface area contributed by atoms with E-state index >= 15 is 0 Å². The highest BCUT2D eigenvalue weighted by molar-refractivity contribution is 9.25. The molecule has 0 saturated heterocycles. The van der Waals surface area contributed by atoms with Crippen molar-refractivity contribution in [2.45, 2.75) is 19.3 Å². The number of fused-ring (bicyclic) bond motifs is 2. The van der Waals surface area contributed by atoms with Crippen molar-refractivity contribution >= 4 is 63.7 Å². The minimum absolute atomic E-state index is 0.0127. The molecule has 2 aromatic carbocycles. The molecule has 4 nitrogen and oxygen atoms in total. The summed E-state index contributed by atoms with van der Waals surface area (Å²) < 4.78 is 22.3. The first-order valence-electron chi connectivity index (χ1n) is 8.45. The fourth-order valence-electron chi connectivity index (χ4n) is 3.78. The topological polar surface area (TPSA) is 36.9 Å². The molecule has 0 heterocycles. The third-order valence-electron chi connectivity index (χ3n) is 5.02. The zero-order valence-corrected chi connectivity index (χ0v) is 22.1. The normalized spacial score (nSPS) is 17.9. The van der Waals surface area contributed by atoms with Crippen molar-refractivity contribution in [3.8, 4) is 23.0 Å². The quantitative estimate of drug-likeness (QED) is 0.336. The smallest absolute Gasteiger partial charge is 0.161 e. The summed E-state index contributed by atoms with van der Waals surface area (Å²) in [7, 11) is 6.61. The van der Waals surface area contributed by atoms with Crippen LogP contribution in [0.5, 0.6) is 23.0 Å². The van der Waals surface area contributed by atoms with Gasteiger partial charge in [0, 0.05) is 11.8 Å². The van der Waals surface area contributed by atoms with E-state index in [4.69, 9.17) is 18.9 Å². The third kappa shape index (κ3) is 3.82. The Kier molecular flexibility index (Phi) is 7.27. The zero-order valence-electron chi connectivity index (χ0n) is 15.8. The summed E-state index contributed by atoms with van der Waals surface area (Å²) in [4.78, 5) is 0. The first-order chi connectivity index (χ1) is 13.4. The first kappa shape index (κ1) is 22.2. The summed E-state index contributed by atoms with van der Waals surface area (Å²) in [5.74, 6) is 2.90. The minimum atomic E-state index is 0.0127. The van der Waals surface area contributed by atoms with Crippen LogP contribution in [0.2, 0.25) is 0 Å². The van der Waals surface area contributed by atoms with Gasteiger partial charge < -0.3 is 18.9 Å². The highest BCUT2D eigenvalue weighted by Gasteiger charge is 2.39. The van der Waals surface area contributed by atoms with E-state index in [9.17, 15) is 0 Å². The fourth-order valence-corrected chi connectivity index (χ4v) is 6.05. The average Bonchev–Trinajstić information content (AvgIpc) is 2.68. The molecule has 0 unspecified atom stereocenters. The Morgan fingerprint density at radius 2 is 0.750 bits per heavy atom. The number of benzene rings is 2. The molecular weight excluding hydrogens is 624 g/mol. The molecule has 0 radical (unpaired) electrons. The largest absolute Gasteiger partial charge is 0.493 e. The second kappa shape index (κ2) is 9.14. The summed E-state index contributed by atoms with van der Waals surface area (Å²) in [5.41, 5.74) is 4.63. The molecule has 0 aliphatic heterocycles. The Morgan fingerprint density at radius 3 is 0.893 bits per heavy atom. The Bertz CT molecular complexity index is 736. The summed E-state index contributed by atoms with van der Waals surface area (Å²) in [6.07, 6.45) is 0. The maximum Gasteiger partial charge on any atom is 0.161 e. The van der Waals surface area contributed by atoms with E-state index in [2.05, 4.69) is 88.0 Å². The molecule has 0 spiro atoms. The molecule has 0 aromatic heterocycles. The maximum absolute atomic E-state index is 5.57. The first-order valence-corrected chi connectivity index (χ1v) is 12.1. The number of alkyl halides is 4. The van der Waals surface area contributed by atoms with Crippen LogP contribution in [0.4, 0.5) is 0 Å². The van der Waals surface area contributed by atoms with Gasteiger partial charge >= 0.3 is 0 Å². The molecule has 0 N–H and O–H groups in total. The molecule has 0 bridgehead atoms. The highest BCUT2D eigenvalue weighted by atomic mass is 79.9. The van der Waals surface area contributed by atoms with Gasteiger partial charge in [-0.05, 0) is 46.5 Å². The van der Waals surface area contributed by atoms with E-state index in [0.717, 1.165) is 22.3 Å². The number of rotatable bonds is 6. The molecule has 2 aromatic rings. The molecule has 0 saturated carbocycles. The number of methoxy groups -OCH3 is 4. The molecule has 0 fully saturated rings. The Hall–Kier alpha value is -0.440. The second-order valence-corrected chi connectivity index (χ2v) is 12.7. The number of hydrogen-bond donors (Lipinski definition) is 0. The van der Waals surface area contributed by atoms with Gasteiger partial charge in [0.1, 0.15) is 0 Å². The summed E-state index contributed by atoms with van der Waals surface area (Å²) >= 11 is 15.0. The van der Waals surface area contributed by atoms with Crippen LogP contribution >= 0.6 is 63.7 Å². The van der Waals surface area contributed by atoms with E-state index in [1.807, 2.05) is 0 Å². The predicted octanol–water partition coefficient (Wildman–Crippen LogP) is 6.53. The van der Waals surface area contributed by atoms with E-state index in [0.29, 0.717) is 23.0 Å². The Morgan fingerprint density at radius 1 is 0.536 bits per heavy atom. The predicted molar refractivity (Wildman–Crippen MR) is 126 cm³/mol. The minimum Gasteiger partial charge on any atom is -0.493 e. The van der Waals surface area contributed by atoms with Crippen LogP contribution in [0, 0.1) is 0 Å². The lowest BCUT2D eigenvalue weighted by atomic mass is 9.73. The molecule has 0 amide bonds. The van der Waals surface area contributed by atoms with Crippen LogP contribution < -0.4 is 18.9 Å². The molecule has 3 rings (SSSR count). The SMILES string of the molecule is COc1cc2c(cc1OC)C(C(Br)Br)c1cc(OC)c(OC)cc1C2C(Br)Br. The Labute approximate surface area is 198 Å². The van der Waals surface area contributed by atoms with Crippen LogP contribution in [-0.4, -0.2) is 35.9 Å². The highest BCUT2D eigenvalue weighted by Crippen LogP contribution is 2.55. The van der Waals surface area contributed by atoms with Gasteiger partial charge in [-0.2, -0.15) is 0 Å². The van der Waals surface area contributed by atoms with Gasteiger partial charge in [-0.3, -0.25) is 0 Å². The Balaban J connectivity index is 2.36. The van der Waals surface area contributed by atoms with Gasteiger partial charge in [0.05, 0.1) is 35.9 Å². The van der Waals surface area contributed by atoms with Gasteiger partial charge in [-0.25, -0.2) is 0 Å². The molecule has 0 atom stereocenters. The summed E-state index contributed by atoms with van der Waals surface area (Å²) in [6, 6.07) is 8.24. The molecule has 1 aliphatic carbocycles. The molecule has 152 valence electrons. The van der Waals surface area contributed by atoms with Gasteiger partial charge in [0.2, 0.25) is 0 Å². The van der Waals surface area contributed by atoms with Crippen LogP contribution in [-0.2, 0) is 0 Å². The van der Waals surface area contributed by atoms with Crippen molar-refractivity contribution < 1.29 is 18.9 Å². The van der Waals surface area contributed by atoms with Crippen molar-refractivity contribution in [2.75, 3.05) is 28.4 Å². The van der Waals surface area contributed by atoms with Crippen molar-refractivity contribution in [1.82, 2.24) is 0 Å². The van der Waals surface area contributed by atoms with Crippen molar-refractivity contribution in [3.63, 3.8) is 0 Å². The molecule has 1 aliphatic rings. The van der Waals surface area contributed by atoms with Crippen molar-refractivity contribution in [2.24, 2.45) is 0 Å². The zero-order chi connectivity index (χ0) is 20.6. The van der Waals surface area contributed by atoms with Gasteiger partial charge in [-0.1, -0.05) is 63.7 Å². The van der Waals surface area contributed by atoms with Crippen molar-refractivity contribution in [1.29, 1.82) is 0 Å². The second-order valence-electron chi connectivity index (χ2n) is 6.30. The van der Waals surface area contributed by atoms with Gasteiger partial charge in [-0.15, -0.1) is 0 Å². The monoisotopic (exact) mass is 640 g/mol. The fraction of sp³-hybridized carbons (Fsp3) is 0.400. The van der Waals surface area contributed by atoms with Gasteiger partial charge in [0.15, 0.2) is 23.0 Å². The van der Waals surface area contributed by atoms with Crippen LogP contribution in [0.15, 0.2) is 24.3 Å². The summed E-state index contributed by atoms with van der Waals surface area (Å²) in [6.45, 7) is 0. The molecule has 28 heavy (non-hydrogen) atoms. The lowest BCUT2D eigenvalue weighted by Crippen LogP contribution is -2.25. The summed E-state index contributed by atoms with van der Waals surface area (Å²) in [5, 5.41) is 0. The average molecular weight is 644 g/mol. The van der Waals surface area contributed by atoms with E-state index in [-0.39, 0.29) is 19.3 Å². The number of ether oxygens (including phenoxy) is 4. The van der Waals surface area contributed by atoms with Crippen LogP contribution in [0.1, 0.15) is 34.1 Å². The van der Waals surface area contributed by atoms with Crippen molar-refractivity contribution in [3.05, 3.63) is 46.5 Å². The van der Waals surface area contributed by atoms with Crippen LogP contribution in [0.25, 0.3) is 0 Å². The molecular formula is C20H20Br4O4. The van der Waals surface area contributed by atoms with Gasteiger partial charge in [0.25, 0.3) is 0 Å². The van der Waals surface area contributed by atoms with E-state index < -0.39 is 0 Å². The van der Waals surface area contributed by atoms with E-state index in [1.54, 1.807) is 28.4 Å². The third-order valence-corrected chi connectivity index (χ3v) is 7.14.